The third-order valence-corrected chi connectivity index (χ3v) is 2.76. The van der Waals surface area contributed by atoms with Crippen molar-refractivity contribution in [1.82, 2.24) is 0 Å². The summed E-state index contributed by atoms with van der Waals surface area (Å²) in [4.78, 5) is 22.4. The average molecular weight is 290 g/mol. The predicted octanol–water partition coefficient (Wildman–Crippen LogP) is 1.17. The molecule has 3 atom stereocenters. The molecule has 0 rings (SSSR count). The number of aliphatic hydroxyl groups excluding tert-OH is 2. The highest BCUT2D eigenvalue weighted by Crippen LogP contribution is 2.12. The van der Waals surface area contributed by atoms with Gasteiger partial charge in [0, 0.05) is 0 Å². The van der Waals surface area contributed by atoms with E-state index in [-0.39, 0.29) is 12.7 Å². The second-order valence-electron chi connectivity index (χ2n) is 4.86. The van der Waals surface area contributed by atoms with Gasteiger partial charge in [-0.25, -0.2) is 9.59 Å². The van der Waals surface area contributed by atoms with Gasteiger partial charge in [0.1, 0.15) is 18.3 Å². The summed E-state index contributed by atoms with van der Waals surface area (Å²) in [6.45, 7) is 4.93. The van der Waals surface area contributed by atoms with Gasteiger partial charge in [-0.05, 0) is 33.1 Å². The van der Waals surface area contributed by atoms with Crippen molar-refractivity contribution >= 4 is 11.9 Å². The van der Waals surface area contributed by atoms with Gasteiger partial charge < -0.3 is 19.7 Å². The predicted molar refractivity (Wildman–Crippen MR) is 73.0 cm³/mol. The van der Waals surface area contributed by atoms with Crippen molar-refractivity contribution in [2.75, 3.05) is 6.61 Å². The van der Waals surface area contributed by atoms with Crippen LogP contribution in [0.15, 0.2) is 0 Å². The van der Waals surface area contributed by atoms with E-state index in [0.717, 1.165) is 19.3 Å². The number of esters is 2. The van der Waals surface area contributed by atoms with E-state index in [9.17, 15) is 9.59 Å². The number of hydrogen-bond acceptors (Lipinski definition) is 6. The van der Waals surface area contributed by atoms with Gasteiger partial charge in [0.05, 0.1) is 6.61 Å². The number of carbonyl (C=O) groups excluding carboxylic acids is 2. The lowest BCUT2D eigenvalue weighted by molar-refractivity contribution is -0.160. The molecular weight excluding hydrogens is 264 g/mol. The van der Waals surface area contributed by atoms with Crippen molar-refractivity contribution in [1.29, 1.82) is 0 Å². The number of carbonyl (C=O) groups is 2. The Hall–Kier alpha value is -1.14. The minimum atomic E-state index is -1.13. The molecule has 0 saturated carbocycles. The van der Waals surface area contributed by atoms with Gasteiger partial charge in [0.15, 0.2) is 0 Å². The summed E-state index contributed by atoms with van der Waals surface area (Å²) < 4.78 is 10.0. The van der Waals surface area contributed by atoms with Gasteiger partial charge in [0.2, 0.25) is 0 Å². The van der Waals surface area contributed by atoms with E-state index >= 15 is 0 Å². The topological polar surface area (TPSA) is 93.1 Å². The lowest BCUT2D eigenvalue weighted by atomic mass is 10.1. The Bertz CT molecular complexity index is 287. The highest BCUT2D eigenvalue weighted by atomic mass is 16.6. The molecule has 0 saturated heterocycles. The maximum Gasteiger partial charge on any atom is 0.334 e. The number of aliphatic hydroxyl groups is 2. The second kappa shape index (κ2) is 10.6. The van der Waals surface area contributed by atoms with Crippen molar-refractivity contribution in [3.8, 4) is 0 Å². The van der Waals surface area contributed by atoms with E-state index in [1.807, 2.05) is 6.92 Å². The zero-order valence-electron chi connectivity index (χ0n) is 12.5. The van der Waals surface area contributed by atoms with Crippen LogP contribution in [0, 0.1) is 0 Å². The molecule has 0 fully saturated rings. The fraction of sp³-hybridized carbons (Fsp3) is 0.857. The van der Waals surface area contributed by atoms with Crippen LogP contribution in [-0.2, 0) is 19.1 Å². The molecule has 0 aliphatic heterocycles. The third kappa shape index (κ3) is 8.87. The van der Waals surface area contributed by atoms with Gasteiger partial charge >= 0.3 is 11.9 Å². The molecule has 0 aliphatic rings. The normalized spacial score (nSPS) is 15.2. The number of rotatable bonds is 10. The van der Waals surface area contributed by atoms with Gasteiger partial charge in [-0.2, -0.15) is 0 Å². The van der Waals surface area contributed by atoms with E-state index in [4.69, 9.17) is 19.7 Å². The number of ether oxygens (including phenoxy) is 2. The first kappa shape index (κ1) is 18.9. The lowest BCUT2D eigenvalue weighted by Gasteiger charge is -2.18. The van der Waals surface area contributed by atoms with Crippen LogP contribution in [0.3, 0.4) is 0 Å². The molecule has 3 unspecified atom stereocenters. The fourth-order valence-corrected chi connectivity index (χ4v) is 1.56. The first-order valence-corrected chi connectivity index (χ1v) is 7.11. The zero-order valence-corrected chi connectivity index (χ0v) is 12.5. The van der Waals surface area contributed by atoms with E-state index in [1.54, 1.807) is 0 Å². The first-order valence-electron chi connectivity index (χ1n) is 7.11. The van der Waals surface area contributed by atoms with Crippen molar-refractivity contribution in [3.05, 3.63) is 0 Å². The van der Waals surface area contributed by atoms with Crippen molar-refractivity contribution in [2.24, 2.45) is 0 Å². The summed E-state index contributed by atoms with van der Waals surface area (Å²) in [7, 11) is 0. The molecule has 0 aliphatic carbocycles. The molecule has 118 valence electrons. The Morgan fingerprint density at radius 1 is 1.00 bits per heavy atom. The first-order chi connectivity index (χ1) is 9.38. The maximum absolute atomic E-state index is 11.4. The Labute approximate surface area is 120 Å². The Kier molecular flexibility index (Phi) is 10.0. The van der Waals surface area contributed by atoms with Gasteiger partial charge in [0.25, 0.3) is 0 Å². The summed E-state index contributed by atoms with van der Waals surface area (Å²) in [6.07, 6.45) is 1.20. The Balaban J connectivity index is 4.03. The minimum absolute atomic E-state index is 0.179. The van der Waals surface area contributed by atoms with Gasteiger partial charge in [-0.3, -0.25) is 0 Å². The van der Waals surface area contributed by atoms with Crippen LogP contribution in [0.4, 0.5) is 0 Å². The lowest BCUT2D eigenvalue weighted by Crippen LogP contribution is -2.26. The molecule has 2 N–H and O–H groups in total. The van der Waals surface area contributed by atoms with Crippen molar-refractivity contribution in [3.63, 3.8) is 0 Å². The summed E-state index contributed by atoms with van der Waals surface area (Å²) in [5, 5.41) is 18.1. The monoisotopic (exact) mass is 290 g/mol. The van der Waals surface area contributed by atoms with Crippen LogP contribution in [0.1, 0.15) is 52.9 Å². The van der Waals surface area contributed by atoms with Crippen LogP contribution in [0.25, 0.3) is 0 Å². The fourth-order valence-electron chi connectivity index (χ4n) is 1.56. The van der Waals surface area contributed by atoms with Gasteiger partial charge in [-0.1, -0.05) is 19.8 Å². The standard InChI is InChI=1S/C14H26O6/c1-4-5-7-12(20-14(18)11(3)16)8-6-9-19-13(17)10(2)15/h10-12,15-16H,4-9H2,1-3H3. The third-order valence-electron chi connectivity index (χ3n) is 2.76. The summed E-state index contributed by atoms with van der Waals surface area (Å²) >= 11 is 0. The van der Waals surface area contributed by atoms with Crippen LogP contribution >= 0.6 is 0 Å². The van der Waals surface area contributed by atoms with E-state index in [0.29, 0.717) is 12.8 Å². The number of hydrogen-bond donors (Lipinski definition) is 2. The SMILES string of the molecule is CCCCC(CCCOC(=O)C(C)O)OC(=O)C(C)O. The molecule has 20 heavy (non-hydrogen) atoms. The summed E-state index contributed by atoms with van der Waals surface area (Å²) in [6, 6.07) is 0. The Morgan fingerprint density at radius 3 is 2.05 bits per heavy atom. The van der Waals surface area contributed by atoms with Crippen molar-refractivity contribution < 1.29 is 29.3 Å². The number of unbranched alkanes of at least 4 members (excludes halogenated alkanes) is 1. The molecule has 0 aromatic rings. The maximum atomic E-state index is 11.4. The van der Waals surface area contributed by atoms with E-state index < -0.39 is 24.1 Å². The molecular formula is C14H26O6. The highest BCUT2D eigenvalue weighted by molar-refractivity contribution is 5.74. The molecule has 0 aromatic heterocycles. The second-order valence-corrected chi connectivity index (χ2v) is 4.86. The zero-order chi connectivity index (χ0) is 15.5. The van der Waals surface area contributed by atoms with Crippen LogP contribution in [-0.4, -0.2) is 47.1 Å². The van der Waals surface area contributed by atoms with E-state index in [1.165, 1.54) is 13.8 Å². The molecule has 0 aromatic carbocycles. The molecule has 0 bridgehead atoms. The Morgan fingerprint density at radius 2 is 1.55 bits per heavy atom. The van der Waals surface area contributed by atoms with E-state index in [2.05, 4.69) is 0 Å². The minimum Gasteiger partial charge on any atom is -0.464 e. The smallest absolute Gasteiger partial charge is 0.334 e. The highest BCUT2D eigenvalue weighted by Gasteiger charge is 2.18. The van der Waals surface area contributed by atoms with Crippen molar-refractivity contribution in [2.45, 2.75) is 71.2 Å². The summed E-state index contributed by atoms with van der Waals surface area (Å²) in [5.74, 6) is -1.29. The molecule has 0 radical (unpaired) electrons. The van der Waals surface area contributed by atoms with Crippen LogP contribution < -0.4 is 0 Å². The van der Waals surface area contributed by atoms with Crippen LogP contribution in [0.5, 0.6) is 0 Å². The van der Waals surface area contributed by atoms with Crippen LogP contribution in [0.2, 0.25) is 0 Å². The largest absolute Gasteiger partial charge is 0.464 e. The summed E-state index contributed by atoms with van der Waals surface area (Å²) in [5.41, 5.74) is 0. The average Bonchev–Trinajstić information content (AvgIpc) is 2.39. The molecule has 6 nitrogen and oxygen atoms in total. The molecule has 0 spiro atoms. The van der Waals surface area contributed by atoms with Gasteiger partial charge in [-0.15, -0.1) is 0 Å². The molecule has 0 heterocycles. The molecule has 0 amide bonds. The quantitative estimate of drug-likeness (QED) is 0.463. The molecule has 6 heteroatoms.